The van der Waals surface area contributed by atoms with Gasteiger partial charge >= 0.3 is 0 Å². The first kappa shape index (κ1) is 16.3. The molecule has 3 N–H and O–H groups in total. The number of oxime groups is 1. The molecule has 1 aromatic rings. The standard InChI is InChI=1S/C15H26N4O/c1-5-12(6-2)19(10-11(3)4)14-9-17-8-7-13(14)15(16)18-20/h7-9,11-12,20H,5-6,10H2,1-4H3,(H2,16,18). The van der Waals surface area contributed by atoms with Crippen molar-refractivity contribution in [3.05, 3.63) is 24.0 Å². The second-order valence-corrected chi connectivity index (χ2v) is 5.39. The molecule has 0 saturated carbocycles. The molecule has 0 aromatic carbocycles. The summed E-state index contributed by atoms with van der Waals surface area (Å²) in [5, 5.41) is 12.1. The van der Waals surface area contributed by atoms with Gasteiger partial charge in [0.25, 0.3) is 0 Å². The highest BCUT2D eigenvalue weighted by Gasteiger charge is 2.21. The van der Waals surface area contributed by atoms with E-state index in [1.807, 2.05) is 0 Å². The van der Waals surface area contributed by atoms with Gasteiger partial charge in [0.05, 0.1) is 11.9 Å². The largest absolute Gasteiger partial charge is 0.409 e. The summed E-state index contributed by atoms with van der Waals surface area (Å²) < 4.78 is 0. The van der Waals surface area contributed by atoms with Crippen molar-refractivity contribution >= 4 is 11.5 Å². The SMILES string of the molecule is CCC(CC)N(CC(C)C)c1cnccc1/C(N)=N/O. The van der Waals surface area contributed by atoms with Gasteiger partial charge in [-0.15, -0.1) is 0 Å². The molecular formula is C15H26N4O. The van der Waals surface area contributed by atoms with E-state index in [9.17, 15) is 0 Å². The Morgan fingerprint density at radius 3 is 2.55 bits per heavy atom. The maximum Gasteiger partial charge on any atom is 0.172 e. The first-order valence-corrected chi connectivity index (χ1v) is 7.23. The Morgan fingerprint density at radius 1 is 1.40 bits per heavy atom. The molecule has 1 rings (SSSR count). The van der Waals surface area contributed by atoms with Gasteiger partial charge in [-0.1, -0.05) is 32.9 Å². The van der Waals surface area contributed by atoms with Crippen LogP contribution < -0.4 is 10.6 Å². The minimum Gasteiger partial charge on any atom is -0.409 e. The van der Waals surface area contributed by atoms with E-state index in [1.165, 1.54) is 0 Å². The Hall–Kier alpha value is -1.78. The fourth-order valence-electron chi connectivity index (χ4n) is 2.45. The Bertz CT molecular complexity index is 441. The summed E-state index contributed by atoms with van der Waals surface area (Å²) in [6.45, 7) is 9.66. The molecule has 0 aliphatic heterocycles. The van der Waals surface area contributed by atoms with E-state index < -0.39 is 0 Å². The molecule has 0 amide bonds. The Labute approximate surface area is 121 Å². The van der Waals surface area contributed by atoms with Crippen LogP contribution in [0.3, 0.4) is 0 Å². The third-order valence-corrected chi connectivity index (χ3v) is 3.44. The van der Waals surface area contributed by atoms with Crippen LogP contribution in [0.4, 0.5) is 5.69 Å². The fraction of sp³-hybridized carbons (Fsp3) is 0.600. The Kier molecular flexibility index (Phi) is 6.28. The maximum atomic E-state index is 8.95. The molecular weight excluding hydrogens is 252 g/mol. The zero-order chi connectivity index (χ0) is 15.1. The van der Waals surface area contributed by atoms with E-state index in [0.717, 1.165) is 30.6 Å². The summed E-state index contributed by atoms with van der Waals surface area (Å²) in [4.78, 5) is 6.53. The molecule has 1 aromatic heterocycles. The minimum absolute atomic E-state index is 0.127. The van der Waals surface area contributed by atoms with Crippen molar-refractivity contribution in [2.45, 2.75) is 46.6 Å². The van der Waals surface area contributed by atoms with Crippen LogP contribution in [0, 0.1) is 5.92 Å². The van der Waals surface area contributed by atoms with Gasteiger partial charge in [0.15, 0.2) is 5.84 Å². The van der Waals surface area contributed by atoms with Crippen molar-refractivity contribution in [1.82, 2.24) is 4.98 Å². The highest BCUT2D eigenvalue weighted by molar-refractivity contribution is 6.02. The van der Waals surface area contributed by atoms with Gasteiger partial charge < -0.3 is 15.8 Å². The van der Waals surface area contributed by atoms with Crippen molar-refractivity contribution in [2.75, 3.05) is 11.4 Å². The number of anilines is 1. The summed E-state index contributed by atoms with van der Waals surface area (Å²) in [6.07, 6.45) is 5.56. The van der Waals surface area contributed by atoms with Gasteiger partial charge in [-0.2, -0.15) is 0 Å². The molecule has 0 aliphatic rings. The average Bonchev–Trinajstić information content (AvgIpc) is 2.46. The Balaban J connectivity index is 3.26. The highest BCUT2D eigenvalue weighted by Crippen LogP contribution is 2.25. The van der Waals surface area contributed by atoms with E-state index in [0.29, 0.717) is 12.0 Å². The summed E-state index contributed by atoms with van der Waals surface area (Å²) in [5.74, 6) is 0.651. The molecule has 112 valence electrons. The fourth-order valence-corrected chi connectivity index (χ4v) is 2.45. The second-order valence-electron chi connectivity index (χ2n) is 5.39. The van der Waals surface area contributed by atoms with Crippen LogP contribution in [-0.2, 0) is 0 Å². The van der Waals surface area contributed by atoms with Crippen LogP contribution in [0.5, 0.6) is 0 Å². The lowest BCUT2D eigenvalue weighted by Crippen LogP contribution is -2.38. The minimum atomic E-state index is 0.127. The van der Waals surface area contributed by atoms with E-state index in [1.54, 1.807) is 18.5 Å². The summed E-state index contributed by atoms with van der Waals surface area (Å²) in [6, 6.07) is 2.21. The van der Waals surface area contributed by atoms with E-state index in [4.69, 9.17) is 10.9 Å². The van der Waals surface area contributed by atoms with E-state index in [-0.39, 0.29) is 5.84 Å². The topological polar surface area (TPSA) is 74.7 Å². The molecule has 0 bridgehead atoms. The van der Waals surface area contributed by atoms with Gasteiger partial charge in [0.1, 0.15) is 0 Å². The quantitative estimate of drug-likeness (QED) is 0.348. The number of aromatic nitrogens is 1. The average molecular weight is 278 g/mol. The van der Waals surface area contributed by atoms with Gasteiger partial charge in [-0.25, -0.2) is 0 Å². The number of amidine groups is 1. The summed E-state index contributed by atoms with van der Waals surface area (Å²) in [5.41, 5.74) is 7.46. The van der Waals surface area contributed by atoms with Crippen LogP contribution in [0.2, 0.25) is 0 Å². The summed E-state index contributed by atoms with van der Waals surface area (Å²) >= 11 is 0. The third-order valence-electron chi connectivity index (χ3n) is 3.44. The van der Waals surface area contributed by atoms with Gasteiger partial charge in [-0.05, 0) is 24.8 Å². The van der Waals surface area contributed by atoms with E-state index >= 15 is 0 Å². The lowest BCUT2D eigenvalue weighted by molar-refractivity contribution is 0.318. The molecule has 1 heterocycles. The number of rotatable bonds is 7. The predicted octanol–water partition coefficient (Wildman–Crippen LogP) is 2.83. The lowest BCUT2D eigenvalue weighted by atomic mass is 10.0. The van der Waals surface area contributed by atoms with Crippen molar-refractivity contribution in [3.8, 4) is 0 Å². The second kappa shape index (κ2) is 7.72. The van der Waals surface area contributed by atoms with Crippen LogP contribution in [0.15, 0.2) is 23.6 Å². The van der Waals surface area contributed by atoms with Crippen LogP contribution in [0.1, 0.15) is 46.1 Å². The molecule has 0 unspecified atom stereocenters. The smallest absolute Gasteiger partial charge is 0.172 e. The highest BCUT2D eigenvalue weighted by atomic mass is 16.4. The number of nitrogens with zero attached hydrogens (tertiary/aromatic N) is 3. The molecule has 0 aliphatic carbocycles. The van der Waals surface area contributed by atoms with Crippen LogP contribution >= 0.6 is 0 Å². The monoisotopic (exact) mass is 278 g/mol. The van der Waals surface area contributed by atoms with Gasteiger partial charge in [0.2, 0.25) is 0 Å². The van der Waals surface area contributed by atoms with Gasteiger partial charge in [0, 0.05) is 24.3 Å². The zero-order valence-corrected chi connectivity index (χ0v) is 12.9. The van der Waals surface area contributed by atoms with Crippen molar-refractivity contribution in [3.63, 3.8) is 0 Å². The normalized spacial score (nSPS) is 12.2. The lowest BCUT2D eigenvalue weighted by Gasteiger charge is -2.35. The molecule has 5 nitrogen and oxygen atoms in total. The van der Waals surface area contributed by atoms with Crippen molar-refractivity contribution < 1.29 is 5.21 Å². The maximum absolute atomic E-state index is 8.95. The summed E-state index contributed by atoms with van der Waals surface area (Å²) in [7, 11) is 0. The number of nitrogens with two attached hydrogens (primary N) is 1. The molecule has 20 heavy (non-hydrogen) atoms. The van der Waals surface area contributed by atoms with Crippen LogP contribution in [-0.4, -0.2) is 28.6 Å². The van der Waals surface area contributed by atoms with Gasteiger partial charge in [-0.3, -0.25) is 4.98 Å². The zero-order valence-electron chi connectivity index (χ0n) is 12.9. The molecule has 0 atom stereocenters. The van der Waals surface area contributed by atoms with Crippen LogP contribution in [0.25, 0.3) is 0 Å². The number of hydrogen-bond acceptors (Lipinski definition) is 4. The molecule has 5 heteroatoms. The predicted molar refractivity (Wildman–Crippen MR) is 83.3 cm³/mol. The van der Waals surface area contributed by atoms with Crippen molar-refractivity contribution in [1.29, 1.82) is 0 Å². The molecule has 0 saturated heterocycles. The first-order valence-electron chi connectivity index (χ1n) is 7.23. The molecule has 0 fully saturated rings. The number of pyridine rings is 1. The first-order chi connectivity index (χ1) is 9.54. The molecule has 0 spiro atoms. The number of hydrogen-bond donors (Lipinski definition) is 2. The molecule has 0 radical (unpaired) electrons. The Morgan fingerprint density at radius 2 is 2.05 bits per heavy atom. The van der Waals surface area contributed by atoms with Crippen molar-refractivity contribution in [2.24, 2.45) is 16.8 Å². The third kappa shape index (κ3) is 3.85. The van der Waals surface area contributed by atoms with E-state index in [2.05, 4.69) is 42.7 Å².